The third kappa shape index (κ3) is 3.94. The average molecular weight is 263 g/mol. The van der Waals surface area contributed by atoms with E-state index in [0.29, 0.717) is 39.4 Å². The summed E-state index contributed by atoms with van der Waals surface area (Å²) in [4.78, 5) is 15.9. The standard InChI is InChI=1S/C14H21N3O2/c1-16(10-12-4-2-3-5-13(12)15)11-14(18)17-6-8-19-9-7-17/h2-5H,6-11,15H2,1H3. The normalized spacial score (nSPS) is 15.8. The van der Waals surface area contributed by atoms with Crippen molar-refractivity contribution in [2.75, 3.05) is 45.6 Å². The van der Waals surface area contributed by atoms with Crippen LogP contribution in [-0.4, -0.2) is 55.6 Å². The monoisotopic (exact) mass is 263 g/mol. The maximum Gasteiger partial charge on any atom is 0.236 e. The molecule has 0 aromatic heterocycles. The summed E-state index contributed by atoms with van der Waals surface area (Å²) in [5.41, 5.74) is 7.73. The molecule has 1 fully saturated rings. The fourth-order valence-corrected chi connectivity index (χ4v) is 2.17. The number of hydrogen-bond acceptors (Lipinski definition) is 4. The van der Waals surface area contributed by atoms with Gasteiger partial charge in [0.05, 0.1) is 19.8 Å². The molecule has 5 nitrogen and oxygen atoms in total. The number of para-hydroxylation sites is 1. The molecule has 0 spiro atoms. The predicted octanol–water partition coefficient (Wildman–Crippen LogP) is 0.559. The van der Waals surface area contributed by atoms with Gasteiger partial charge in [0.1, 0.15) is 0 Å². The lowest BCUT2D eigenvalue weighted by molar-refractivity contribution is -0.136. The summed E-state index contributed by atoms with van der Waals surface area (Å²) in [5.74, 6) is 0.153. The minimum atomic E-state index is 0.153. The maximum absolute atomic E-state index is 12.1. The third-order valence-electron chi connectivity index (χ3n) is 3.26. The van der Waals surface area contributed by atoms with Gasteiger partial charge in [0.15, 0.2) is 0 Å². The molecule has 0 aliphatic carbocycles. The van der Waals surface area contributed by atoms with E-state index >= 15 is 0 Å². The number of anilines is 1. The van der Waals surface area contributed by atoms with Crippen LogP contribution in [-0.2, 0) is 16.1 Å². The number of likely N-dealkylation sites (N-methyl/N-ethyl adjacent to an activating group) is 1. The quantitative estimate of drug-likeness (QED) is 0.806. The van der Waals surface area contributed by atoms with E-state index in [1.54, 1.807) is 0 Å². The van der Waals surface area contributed by atoms with Crippen molar-refractivity contribution in [1.82, 2.24) is 9.80 Å². The molecule has 1 aromatic carbocycles. The van der Waals surface area contributed by atoms with Gasteiger partial charge in [0, 0.05) is 25.3 Å². The molecule has 1 heterocycles. The van der Waals surface area contributed by atoms with Gasteiger partial charge in [-0.2, -0.15) is 0 Å². The number of nitrogens with two attached hydrogens (primary N) is 1. The van der Waals surface area contributed by atoms with E-state index in [1.807, 2.05) is 41.1 Å². The summed E-state index contributed by atoms with van der Waals surface area (Å²) in [6.45, 7) is 3.76. The Kier molecular flexibility index (Phi) is 4.76. The van der Waals surface area contributed by atoms with E-state index in [9.17, 15) is 4.79 Å². The number of hydrogen-bond donors (Lipinski definition) is 1. The summed E-state index contributed by atoms with van der Waals surface area (Å²) >= 11 is 0. The first-order valence-electron chi connectivity index (χ1n) is 6.54. The Morgan fingerprint density at radius 1 is 1.37 bits per heavy atom. The molecule has 1 aromatic rings. The number of nitrogen functional groups attached to an aromatic ring is 1. The summed E-state index contributed by atoms with van der Waals surface area (Å²) in [6, 6.07) is 7.75. The number of ether oxygens (including phenoxy) is 1. The molecule has 1 saturated heterocycles. The van der Waals surface area contributed by atoms with Crippen LogP contribution in [0.5, 0.6) is 0 Å². The molecule has 1 aliphatic heterocycles. The van der Waals surface area contributed by atoms with Crippen molar-refractivity contribution in [2.24, 2.45) is 0 Å². The summed E-state index contributed by atoms with van der Waals surface area (Å²) in [7, 11) is 1.94. The van der Waals surface area contributed by atoms with Gasteiger partial charge < -0.3 is 15.4 Å². The Bertz CT molecular complexity index is 430. The molecule has 104 valence electrons. The zero-order valence-corrected chi connectivity index (χ0v) is 11.3. The highest BCUT2D eigenvalue weighted by Crippen LogP contribution is 2.12. The summed E-state index contributed by atoms with van der Waals surface area (Å²) in [5, 5.41) is 0. The van der Waals surface area contributed by atoms with Crippen LogP contribution < -0.4 is 5.73 Å². The summed E-state index contributed by atoms with van der Waals surface area (Å²) in [6.07, 6.45) is 0. The van der Waals surface area contributed by atoms with Crippen LogP contribution >= 0.6 is 0 Å². The molecule has 5 heteroatoms. The van der Waals surface area contributed by atoms with Crippen molar-refractivity contribution in [1.29, 1.82) is 0 Å². The zero-order valence-electron chi connectivity index (χ0n) is 11.3. The van der Waals surface area contributed by atoms with Crippen molar-refractivity contribution in [3.05, 3.63) is 29.8 Å². The minimum Gasteiger partial charge on any atom is -0.398 e. The molecule has 0 saturated carbocycles. The second kappa shape index (κ2) is 6.54. The summed E-state index contributed by atoms with van der Waals surface area (Å²) < 4.78 is 5.24. The van der Waals surface area contributed by atoms with Crippen molar-refractivity contribution in [3.8, 4) is 0 Å². The molecule has 19 heavy (non-hydrogen) atoms. The van der Waals surface area contributed by atoms with E-state index in [-0.39, 0.29) is 5.91 Å². The van der Waals surface area contributed by atoms with E-state index < -0.39 is 0 Å². The Morgan fingerprint density at radius 2 is 2.05 bits per heavy atom. The van der Waals surface area contributed by atoms with Crippen LogP contribution in [0.2, 0.25) is 0 Å². The first-order chi connectivity index (χ1) is 9.16. The Labute approximate surface area is 113 Å². The lowest BCUT2D eigenvalue weighted by Crippen LogP contribution is -2.44. The molecule has 0 unspecified atom stereocenters. The highest BCUT2D eigenvalue weighted by atomic mass is 16.5. The lowest BCUT2D eigenvalue weighted by Gasteiger charge is -2.28. The Morgan fingerprint density at radius 3 is 2.74 bits per heavy atom. The Balaban J connectivity index is 1.85. The minimum absolute atomic E-state index is 0.153. The van der Waals surface area contributed by atoms with Crippen LogP contribution in [0, 0.1) is 0 Å². The largest absolute Gasteiger partial charge is 0.398 e. The number of carbonyl (C=O) groups is 1. The van der Waals surface area contributed by atoms with Gasteiger partial charge in [-0.15, -0.1) is 0 Å². The first-order valence-corrected chi connectivity index (χ1v) is 6.54. The van der Waals surface area contributed by atoms with E-state index in [0.717, 1.165) is 11.3 Å². The predicted molar refractivity (Wildman–Crippen MR) is 74.6 cm³/mol. The van der Waals surface area contributed by atoms with Crippen LogP contribution in [0.4, 0.5) is 5.69 Å². The first kappa shape index (κ1) is 13.8. The molecule has 0 bridgehead atoms. The van der Waals surface area contributed by atoms with Crippen molar-refractivity contribution >= 4 is 11.6 Å². The van der Waals surface area contributed by atoms with Gasteiger partial charge in [0.2, 0.25) is 5.91 Å². The Hall–Kier alpha value is -1.59. The van der Waals surface area contributed by atoms with Crippen molar-refractivity contribution < 1.29 is 9.53 Å². The molecule has 0 atom stereocenters. The second-order valence-electron chi connectivity index (χ2n) is 4.86. The number of amides is 1. The van der Waals surface area contributed by atoms with E-state index in [1.165, 1.54) is 0 Å². The molecule has 1 aliphatic rings. The molecule has 2 rings (SSSR count). The average Bonchev–Trinajstić information content (AvgIpc) is 2.42. The number of morpholine rings is 1. The number of nitrogens with zero attached hydrogens (tertiary/aromatic N) is 2. The van der Waals surface area contributed by atoms with Crippen molar-refractivity contribution in [2.45, 2.75) is 6.54 Å². The topological polar surface area (TPSA) is 58.8 Å². The molecular weight excluding hydrogens is 242 g/mol. The number of rotatable bonds is 4. The zero-order chi connectivity index (χ0) is 13.7. The number of benzene rings is 1. The van der Waals surface area contributed by atoms with Crippen LogP contribution in [0.1, 0.15) is 5.56 Å². The van der Waals surface area contributed by atoms with E-state index in [2.05, 4.69) is 0 Å². The van der Waals surface area contributed by atoms with Gasteiger partial charge in [0.25, 0.3) is 0 Å². The fraction of sp³-hybridized carbons (Fsp3) is 0.500. The fourth-order valence-electron chi connectivity index (χ4n) is 2.17. The van der Waals surface area contributed by atoms with Crippen LogP contribution in [0.3, 0.4) is 0 Å². The lowest BCUT2D eigenvalue weighted by atomic mass is 10.2. The molecule has 2 N–H and O–H groups in total. The highest BCUT2D eigenvalue weighted by molar-refractivity contribution is 5.78. The van der Waals surface area contributed by atoms with Crippen molar-refractivity contribution in [3.63, 3.8) is 0 Å². The maximum atomic E-state index is 12.1. The SMILES string of the molecule is CN(CC(=O)N1CCOCC1)Cc1ccccc1N. The second-order valence-corrected chi connectivity index (χ2v) is 4.86. The highest BCUT2D eigenvalue weighted by Gasteiger charge is 2.18. The van der Waals surface area contributed by atoms with Gasteiger partial charge in [-0.25, -0.2) is 0 Å². The van der Waals surface area contributed by atoms with Gasteiger partial charge in [-0.05, 0) is 18.7 Å². The van der Waals surface area contributed by atoms with Crippen LogP contribution in [0.25, 0.3) is 0 Å². The third-order valence-corrected chi connectivity index (χ3v) is 3.26. The molecular formula is C14H21N3O2. The van der Waals surface area contributed by atoms with Gasteiger partial charge in [-0.1, -0.05) is 18.2 Å². The number of carbonyl (C=O) groups excluding carboxylic acids is 1. The molecule has 0 radical (unpaired) electrons. The van der Waals surface area contributed by atoms with Gasteiger partial charge >= 0.3 is 0 Å². The van der Waals surface area contributed by atoms with Gasteiger partial charge in [-0.3, -0.25) is 9.69 Å². The van der Waals surface area contributed by atoms with Crippen LogP contribution in [0.15, 0.2) is 24.3 Å². The molecule has 1 amide bonds. The smallest absolute Gasteiger partial charge is 0.236 e. The van der Waals surface area contributed by atoms with E-state index in [4.69, 9.17) is 10.5 Å².